The Morgan fingerprint density at radius 3 is 2.59 bits per heavy atom. The van der Waals surface area contributed by atoms with Gasteiger partial charge in [-0.25, -0.2) is 9.18 Å². The van der Waals surface area contributed by atoms with Crippen molar-refractivity contribution in [2.45, 2.75) is 19.3 Å². The molecule has 1 saturated heterocycles. The number of oxazole rings is 1. The number of amides is 2. The summed E-state index contributed by atoms with van der Waals surface area (Å²) in [6.07, 6.45) is 2.41. The molecule has 0 saturated carbocycles. The monoisotopic (exact) mass is 397 g/mol. The second kappa shape index (κ2) is 7.90. The van der Waals surface area contributed by atoms with Crippen molar-refractivity contribution in [3.8, 4) is 0 Å². The molecule has 1 aromatic heterocycles. The molecule has 0 atom stereocenters. The van der Waals surface area contributed by atoms with Crippen LogP contribution < -0.4 is 11.1 Å². The molecule has 8 heteroatoms. The predicted octanol–water partition coefficient (Wildman–Crippen LogP) is 2.68. The molecular formula is C21H20FN3O4. The zero-order valence-electron chi connectivity index (χ0n) is 15.6. The lowest BCUT2D eigenvalue weighted by atomic mass is 9.90. The van der Waals surface area contributed by atoms with Gasteiger partial charge >= 0.3 is 17.6 Å². The van der Waals surface area contributed by atoms with Crippen LogP contribution in [0.25, 0.3) is 11.1 Å². The van der Waals surface area contributed by atoms with E-state index in [2.05, 4.69) is 10.3 Å². The Kier molecular flexibility index (Phi) is 5.16. The summed E-state index contributed by atoms with van der Waals surface area (Å²) in [5, 5.41) is 2.57. The summed E-state index contributed by atoms with van der Waals surface area (Å²) in [6, 6.07) is 11.1. The van der Waals surface area contributed by atoms with Crippen molar-refractivity contribution in [1.82, 2.24) is 9.88 Å². The van der Waals surface area contributed by atoms with Gasteiger partial charge in [-0.1, -0.05) is 12.1 Å². The van der Waals surface area contributed by atoms with Gasteiger partial charge in [0.1, 0.15) is 5.82 Å². The molecule has 4 rings (SSSR count). The number of nitrogens with zero attached hydrogens (tertiary/aromatic N) is 1. The molecule has 0 radical (unpaired) electrons. The van der Waals surface area contributed by atoms with Crippen molar-refractivity contribution >= 4 is 28.6 Å². The van der Waals surface area contributed by atoms with Gasteiger partial charge in [0.25, 0.3) is 0 Å². The number of piperidine rings is 1. The fourth-order valence-corrected chi connectivity index (χ4v) is 3.65. The van der Waals surface area contributed by atoms with Crippen molar-refractivity contribution in [3.05, 3.63) is 64.4 Å². The molecule has 29 heavy (non-hydrogen) atoms. The summed E-state index contributed by atoms with van der Waals surface area (Å²) >= 11 is 0. The standard InChI is InChI=1S/C21H20FN3O4/c22-15-3-1-13(2-4-15)11-14-7-9-25(10-8-14)20(27)19(26)23-16-5-6-18-17(12-16)24-21(28)29-18/h1-6,12,14H,7-11H2,(H,23,26)(H,24,28). The Morgan fingerprint density at radius 1 is 1.14 bits per heavy atom. The average molecular weight is 397 g/mol. The third kappa shape index (κ3) is 4.37. The number of benzene rings is 2. The van der Waals surface area contributed by atoms with Crippen LogP contribution in [0.5, 0.6) is 0 Å². The number of carbonyl (C=O) groups excluding carboxylic acids is 2. The van der Waals surface area contributed by atoms with Gasteiger partial charge in [-0.3, -0.25) is 14.6 Å². The smallest absolute Gasteiger partial charge is 0.408 e. The maximum Gasteiger partial charge on any atom is 0.417 e. The summed E-state index contributed by atoms with van der Waals surface area (Å²) in [4.78, 5) is 40.1. The van der Waals surface area contributed by atoms with Gasteiger partial charge in [0.15, 0.2) is 5.58 Å². The highest BCUT2D eigenvalue weighted by atomic mass is 19.1. The molecule has 1 aliphatic rings. The third-order valence-corrected chi connectivity index (χ3v) is 5.21. The first kappa shape index (κ1) is 18.9. The highest BCUT2D eigenvalue weighted by molar-refractivity contribution is 6.39. The maximum atomic E-state index is 13.0. The van der Waals surface area contributed by atoms with Gasteiger partial charge in [-0.15, -0.1) is 0 Å². The van der Waals surface area contributed by atoms with Crippen molar-refractivity contribution in [2.75, 3.05) is 18.4 Å². The lowest BCUT2D eigenvalue weighted by molar-refractivity contribution is -0.144. The number of fused-ring (bicyclic) bond motifs is 1. The largest absolute Gasteiger partial charge is 0.417 e. The first-order chi connectivity index (χ1) is 14.0. The van der Waals surface area contributed by atoms with E-state index in [1.807, 2.05) is 0 Å². The van der Waals surface area contributed by atoms with E-state index in [9.17, 15) is 18.8 Å². The molecule has 1 aliphatic heterocycles. The predicted molar refractivity (Wildman–Crippen MR) is 105 cm³/mol. The minimum Gasteiger partial charge on any atom is -0.408 e. The Balaban J connectivity index is 1.31. The Hall–Kier alpha value is -3.42. The van der Waals surface area contributed by atoms with Crippen molar-refractivity contribution in [2.24, 2.45) is 5.92 Å². The molecule has 2 aromatic carbocycles. The molecule has 150 valence electrons. The van der Waals surface area contributed by atoms with Gasteiger partial charge in [0, 0.05) is 18.8 Å². The summed E-state index contributed by atoms with van der Waals surface area (Å²) in [5.74, 6) is -1.73. The van der Waals surface area contributed by atoms with Crippen LogP contribution >= 0.6 is 0 Å². The molecule has 2 amide bonds. The maximum absolute atomic E-state index is 13.0. The van der Waals surface area contributed by atoms with E-state index in [1.165, 1.54) is 12.1 Å². The van der Waals surface area contributed by atoms with Crippen LogP contribution in [0.2, 0.25) is 0 Å². The minimum absolute atomic E-state index is 0.251. The Bertz CT molecular complexity index is 1100. The van der Waals surface area contributed by atoms with E-state index >= 15 is 0 Å². The van der Waals surface area contributed by atoms with Crippen LogP contribution in [-0.2, 0) is 16.0 Å². The number of carbonyl (C=O) groups is 2. The number of anilines is 1. The zero-order valence-corrected chi connectivity index (χ0v) is 15.6. The average Bonchev–Trinajstić information content (AvgIpc) is 3.09. The molecular weight excluding hydrogens is 377 g/mol. The normalized spacial score (nSPS) is 14.9. The topological polar surface area (TPSA) is 95.4 Å². The van der Waals surface area contributed by atoms with Gasteiger partial charge < -0.3 is 14.6 Å². The summed E-state index contributed by atoms with van der Waals surface area (Å²) in [7, 11) is 0. The summed E-state index contributed by atoms with van der Waals surface area (Å²) in [5.41, 5.74) is 2.30. The molecule has 7 nitrogen and oxygen atoms in total. The lowest BCUT2D eigenvalue weighted by Gasteiger charge is -2.31. The number of hydrogen-bond acceptors (Lipinski definition) is 4. The SMILES string of the molecule is O=C(Nc1ccc2oc(=O)[nH]c2c1)C(=O)N1CCC(Cc2ccc(F)cc2)CC1. The number of rotatable bonds is 3. The van der Waals surface area contributed by atoms with Crippen molar-refractivity contribution < 1.29 is 18.4 Å². The van der Waals surface area contributed by atoms with Gasteiger partial charge in [0.05, 0.1) is 5.52 Å². The van der Waals surface area contributed by atoms with E-state index < -0.39 is 17.6 Å². The van der Waals surface area contributed by atoms with Crippen LogP contribution in [0.1, 0.15) is 18.4 Å². The first-order valence-electron chi connectivity index (χ1n) is 9.45. The summed E-state index contributed by atoms with van der Waals surface area (Å²) in [6.45, 7) is 1.01. The third-order valence-electron chi connectivity index (χ3n) is 5.21. The number of aromatic amines is 1. The second-order valence-corrected chi connectivity index (χ2v) is 7.25. The highest BCUT2D eigenvalue weighted by Crippen LogP contribution is 2.22. The highest BCUT2D eigenvalue weighted by Gasteiger charge is 2.27. The Morgan fingerprint density at radius 2 is 1.86 bits per heavy atom. The summed E-state index contributed by atoms with van der Waals surface area (Å²) < 4.78 is 17.9. The van der Waals surface area contributed by atoms with Crippen LogP contribution in [0, 0.1) is 11.7 Å². The molecule has 0 unspecified atom stereocenters. The van der Waals surface area contributed by atoms with Crippen LogP contribution in [0.4, 0.5) is 10.1 Å². The van der Waals surface area contributed by atoms with E-state index in [0.717, 1.165) is 24.8 Å². The number of likely N-dealkylation sites (tertiary alicyclic amines) is 1. The zero-order chi connectivity index (χ0) is 20.4. The second-order valence-electron chi connectivity index (χ2n) is 7.25. The molecule has 2 heterocycles. The fourth-order valence-electron chi connectivity index (χ4n) is 3.65. The lowest BCUT2D eigenvalue weighted by Crippen LogP contribution is -2.44. The molecule has 1 fully saturated rings. The molecule has 0 aliphatic carbocycles. The Labute approximate surface area is 165 Å². The molecule has 0 spiro atoms. The minimum atomic E-state index is -0.716. The van der Waals surface area contributed by atoms with Crippen molar-refractivity contribution in [1.29, 1.82) is 0 Å². The van der Waals surface area contributed by atoms with Crippen LogP contribution in [0.15, 0.2) is 51.7 Å². The first-order valence-corrected chi connectivity index (χ1v) is 9.45. The van der Waals surface area contributed by atoms with Crippen molar-refractivity contribution in [3.63, 3.8) is 0 Å². The quantitative estimate of drug-likeness (QED) is 0.665. The van der Waals surface area contributed by atoms with E-state index in [0.29, 0.717) is 35.8 Å². The van der Waals surface area contributed by atoms with E-state index in [1.54, 1.807) is 35.2 Å². The molecule has 3 aromatic rings. The van der Waals surface area contributed by atoms with Crippen LogP contribution in [0.3, 0.4) is 0 Å². The van der Waals surface area contributed by atoms with Gasteiger partial charge in [0.2, 0.25) is 0 Å². The van der Waals surface area contributed by atoms with Crippen LogP contribution in [-0.4, -0.2) is 34.8 Å². The number of aromatic nitrogens is 1. The fraction of sp³-hybridized carbons (Fsp3) is 0.286. The van der Waals surface area contributed by atoms with Gasteiger partial charge in [-0.2, -0.15) is 0 Å². The van der Waals surface area contributed by atoms with Gasteiger partial charge in [-0.05, 0) is 61.1 Å². The molecule has 2 N–H and O–H groups in total. The number of halogens is 1. The van der Waals surface area contributed by atoms with E-state index in [-0.39, 0.29) is 5.82 Å². The molecule has 0 bridgehead atoms. The number of nitrogens with one attached hydrogen (secondary N) is 2. The number of H-pyrrole nitrogens is 1. The van der Waals surface area contributed by atoms with E-state index in [4.69, 9.17) is 4.42 Å². The number of hydrogen-bond donors (Lipinski definition) is 2.